The molecule has 2 atom stereocenters. The zero-order chi connectivity index (χ0) is 13.4. The molecule has 1 aromatic carbocycles. The Bertz CT molecular complexity index is 357. The van der Waals surface area contributed by atoms with Gasteiger partial charge in [0.1, 0.15) is 5.38 Å². The van der Waals surface area contributed by atoms with Crippen LogP contribution in [0.5, 0.6) is 0 Å². The Morgan fingerprint density at radius 3 is 2.72 bits per heavy atom. The summed E-state index contributed by atoms with van der Waals surface area (Å²) < 4.78 is 5.34. The third kappa shape index (κ3) is 6.00. The molecule has 1 rings (SSSR count). The number of aliphatic hydroxyl groups excluding tert-OH is 1. The quantitative estimate of drug-likeness (QED) is 0.735. The number of hydrogen-bond acceptors (Lipinski definition) is 3. The number of ether oxygens (including phenoxy) is 1. The highest BCUT2D eigenvalue weighted by Gasteiger charge is 2.11. The molecule has 1 aromatic rings. The summed E-state index contributed by atoms with van der Waals surface area (Å²) in [5.41, 5.74) is 1.04. The number of halogens is 1. The first-order chi connectivity index (χ1) is 8.59. The van der Waals surface area contributed by atoms with Gasteiger partial charge in [0, 0.05) is 6.54 Å². The smallest absolute Gasteiger partial charge is 0.237 e. The number of rotatable bonds is 7. The van der Waals surface area contributed by atoms with Gasteiger partial charge in [-0.25, -0.2) is 0 Å². The molecule has 0 unspecified atom stereocenters. The molecule has 0 aliphatic rings. The molecule has 0 aliphatic heterocycles. The molecule has 0 fully saturated rings. The van der Waals surface area contributed by atoms with Crippen LogP contribution in [0, 0.1) is 0 Å². The van der Waals surface area contributed by atoms with Crippen LogP contribution < -0.4 is 5.32 Å². The van der Waals surface area contributed by atoms with Crippen molar-refractivity contribution >= 4 is 17.5 Å². The number of alkyl halides is 1. The molecule has 4 nitrogen and oxygen atoms in total. The summed E-state index contributed by atoms with van der Waals surface area (Å²) in [6.45, 7) is 2.34. The molecular formula is C13H18ClNO3. The third-order valence-electron chi connectivity index (χ3n) is 2.29. The first-order valence-electron chi connectivity index (χ1n) is 5.81. The van der Waals surface area contributed by atoms with Gasteiger partial charge in [0.05, 0.1) is 19.3 Å². The predicted molar refractivity (Wildman–Crippen MR) is 70.4 cm³/mol. The number of carbonyl (C=O) groups is 1. The minimum atomic E-state index is -0.729. The minimum Gasteiger partial charge on any atom is -0.389 e. The Morgan fingerprint density at radius 2 is 2.11 bits per heavy atom. The summed E-state index contributed by atoms with van der Waals surface area (Å²) in [5, 5.41) is 11.5. The number of aliphatic hydroxyl groups is 1. The predicted octanol–water partition coefficient (Wildman–Crippen LogP) is 1.31. The summed E-state index contributed by atoms with van der Waals surface area (Å²) in [5.74, 6) is -0.293. The zero-order valence-electron chi connectivity index (χ0n) is 10.3. The molecule has 2 N–H and O–H groups in total. The van der Waals surface area contributed by atoms with Gasteiger partial charge in [-0.3, -0.25) is 4.79 Å². The summed E-state index contributed by atoms with van der Waals surface area (Å²) in [6.07, 6.45) is -0.729. The normalized spacial score (nSPS) is 13.9. The van der Waals surface area contributed by atoms with E-state index in [1.165, 1.54) is 0 Å². The summed E-state index contributed by atoms with van der Waals surface area (Å²) in [6, 6.07) is 9.68. The van der Waals surface area contributed by atoms with E-state index in [4.69, 9.17) is 16.3 Å². The van der Waals surface area contributed by atoms with E-state index in [2.05, 4.69) is 5.32 Å². The van der Waals surface area contributed by atoms with E-state index in [0.717, 1.165) is 5.56 Å². The first kappa shape index (κ1) is 15.0. The monoisotopic (exact) mass is 271 g/mol. The molecule has 0 saturated heterocycles. The van der Waals surface area contributed by atoms with Gasteiger partial charge in [-0.05, 0) is 12.5 Å². The Balaban J connectivity index is 2.14. The minimum absolute atomic E-state index is 0.144. The number of carbonyl (C=O) groups excluding carboxylic acids is 1. The van der Waals surface area contributed by atoms with Crippen LogP contribution in [-0.4, -0.2) is 35.6 Å². The van der Waals surface area contributed by atoms with Crippen molar-refractivity contribution in [2.45, 2.75) is 25.0 Å². The molecule has 0 aliphatic carbocycles. The van der Waals surface area contributed by atoms with E-state index < -0.39 is 11.5 Å². The van der Waals surface area contributed by atoms with Crippen LogP contribution >= 0.6 is 11.6 Å². The molecule has 0 saturated carbocycles. The highest BCUT2D eigenvalue weighted by molar-refractivity contribution is 6.30. The lowest BCUT2D eigenvalue weighted by atomic mass is 10.2. The van der Waals surface area contributed by atoms with Crippen molar-refractivity contribution in [3.63, 3.8) is 0 Å². The van der Waals surface area contributed by atoms with Gasteiger partial charge in [0.2, 0.25) is 5.91 Å². The van der Waals surface area contributed by atoms with Crippen LogP contribution in [0.15, 0.2) is 30.3 Å². The Kier molecular flexibility index (Phi) is 6.72. The van der Waals surface area contributed by atoms with Gasteiger partial charge >= 0.3 is 0 Å². The second-order valence-corrected chi connectivity index (χ2v) is 4.67. The van der Waals surface area contributed by atoms with Crippen molar-refractivity contribution in [3.05, 3.63) is 35.9 Å². The van der Waals surface area contributed by atoms with E-state index in [1.54, 1.807) is 6.92 Å². The SMILES string of the molecule is C[C@H](Cl)C(=O)NC[C@@H](O)COCc1ccccc1. The Hall–Kier alpha value is -1.10. The largest absolute Gasteiger partial charge is 0.389 e. The molecule has 0 radical (unpaired) electrons. The highest BCUT2D eigenvalue weighted by atomic mass is 35.5. The van der Waals surface area contributed by atoms with Gasteiger partial charge in [0.25, 0.3) is 0 Å². The highest BCUT2D eigenvalue weighted by Crippen LogP contribution is 2.01. The number of nitrogens with one attached hydrogen (secondary N) is 1. The fourth-order valence-corrected chi connectivity index (χ4v) is 1.38. The van der Waals surface area contributed by atoms with E-state index in [-0.39, 0.29) is 19.1 Å². The van der Waals surface area contributed by atoms with Crippen LogP contribution in [0.25, 0.3) is 0 Å². The summed E-state index contributed by atoms with van der Waals surface area (Å²) in [7, 11) is 0. The Morgan fingerprint density at radius 1 is 1.44 bits per heavy atom. The van der Waals surface area contributed by atoms with Gasteiger partial charge in [0.15, 0.2) is 0 Å². The van der Waals surface area contributed by atoms with Crippen LogP contribution in [-0.2, 0) is 16.1 Å². The van der Waals surface area contributed by atoms with Gasteiger partial charge in [-0.1, -0.05) is 30.3 Å². The molecule has 0 bridgehead atoms. The van der Waals surface area contributed by atoms with Crippen molar-refractivity contribution in [1.82, 2.24) is 5.32 Å². The van der Waals surface area contributed by atoms with Crippen LogP contribution in [0.2, 0.25) is 0 Å². The molecule has 1 amide bonds. The maximum absolute atomic E-state index is 11.1. The molecule has 100 valence electrons. The van der Waals surface area contributed by atoms with E-state index >= 15 is 0 Å². The maximum atomic E-state index is 11.1. The number of benzene rings is 1. The van der Waals surface area contributed by atoms with Gasteiger partial charge in [-0.2, -0.15) is 0 Å². The van der Waals surface area contributed by atoms with Crippen molar-refractivity contribution in [2.24, 2.45) is 0 Å². The lowest BCUT2D eigenvalue weighted by molar-refractivity contribution is -0.121. The molecular weight excluding hydrogens is 254 g/mol. The average molecular weight is 272 g/mol. The van der Waals surface area contributed by atoms with Gasteiger partial charge < -0.3 is 15.2 Å². The molecule has 5 heteroatoms. The second kappa shape index (κ2) is 8.08. The molecule has 18 heavy (non-hydrogen) atoms. The van der Waals surface area contributed by atoms with E-state index in [1.807, 2.05) is 30.3 Å². The van der Waals surface area contributed by atoms with E-state index in [0.29, 0.717) is 6.61 Å². The topological polar surface area (TPSA) is 58.6 Å². The first-order valence-corrected chi connectivity index (χ1v) is 6.24. The second-order valence-electron chi connectivity index (χ2n) is 4.02. The lowest BCUT2D eigenvalue weighted by Gasteiger charge is -2.13. The third-order valence-corrected chi connectivity index (χ3v) is 2.49. The molecule has 0 heterocycles. The molecule has 0 spiro atoms. The summed E-state index contributed by atoms with van der Waals surface area (Å²) >= 11 is 5.57. The van der Waals surface area contributed by atoms with Gasteiger partial charge in [-0.15, -0.1) is 11.6 Å². The van der Waals surface area contributed by atoms with Crippen LogP contribution in [0.3, 0.4) is 0 Å². The number of hydrogen-bond donors (Lipinski definition) is 2. The standard InChI is InChI=1S/C13H18ClNO3/c1-10(14)13(17)15-7-12(16)9-18-8-11-5-3-2-4-6-11/h2-6,10,12,16H,7-9H2,1H3,(H,15,17)/t10-,12+/m0/s1. The van der Waals surface area contributed by atoms with Crippen molar-refractivity contribution in [2.75, 3.05) is 13.2 Å². The fraction of sp³-hybridized carbons (Fsp3) is 0.462. The Labute approximate surface area is 112 Å². The zero-order valence-corrected chi connectivity index (χ0v) is 11.1. The van der Waals surface area contributed by atoms with E-state index in [9.17, 15) is 9.90 Å². The molecule has 0 aromatic heterocycles. The van der Waals surface area contributed by atoms with Crippen molar-refractivity contribution < 1.29 is 14.6 Å². The van der Waals surface area contributed by atoms with Crippen LogP contribution in [0.1, 0.15) is 12.5 Å². The lowest BCUT2D eigenvalue weighted by Crippen LogP contribution is -2.37. The van der Waals surface area contributed by atoms with Crippen LogP contribution in [0.4, 0.5) is 0 Å². The maximum Gasteiger partial charge on any atom is 0.237 e. The number of amides is 1. The fourth-order valence-electron chi connectivity index (χ4n) is 1.31. The van der Waals surface area contributed by atoms with Crippen molar-refractivity contribution in [1.29, 1.82) is 0 Å². The summed E-state index contributed by atoms with van der Waals surface area (Å²) in [4.78, 5) is 11.1. The average Bonchev–Trinajstić information content (AvgIpc) is 2.37. The van der Waals surface area contributed by atoms with Crippen molar-refractivity contribution in [3.8, 4) is 0 Å².